The zero-order chi connectivity index (χ0) is 14.4. The predicted octanol–water partition coefficient (Wildman–Crippen LogP) is 0.258. The van der Waals surface area contributed by atoms with Gasteiger partial charge < -0.3 is 15.4 Å². The molecule has 1 atom stereocenters. The van der Waals surface area contributed by atoms with Crippen LogP contribution < -0.4 is 15.4 Å². The number of carbonyl (C=O) groups is 1. The molecule has 2 N–H and O–H groups in total. The van der Waals surface area contributed by atoms with Crippen LogP contribution in [0.5, 0.6) is 5.75 Å². The van der Waals surface area contributed by atoms with Crippen molar-refractivity contribution in [2.24, 2.45) is 0 Å². The van der Waals surface area contributed by atoms with Crippen LogP contribution in [0.25, 0.3) is 0 Å². The molecule has 0 aliphatic carbocycles. The summed E-state index contributed by atoms with van der Waals surface area (Å²) >= 11 is 0. The molecule has 0 saturated carbocycles. The molecule has 1 fully saturated rings. The minimum absolute atomic E-state index is 0.0630. The molecule has 5 heteroatoms. The lowest BCUT2D eigenvalue weighted by atomic mass is 10.1. The summed E-state index contributed by atoms with van der Waals surface area (Å²) in [5, 5.41) is 6.02. The Balaban J connectivity index is 1.91. The first-order chi connectivity index (χ1) is 9.74. The van der Waals surface area contributed by atoms with E-state index in [-0.39, 0.29) is 11.9 Å². The lowest BCUT2D eigenvalue weighted by Gasteiger charge is -2.34. The molecule has 0 radical (unpaired) electrons. The van der Waals surface area contributed by atoms with E-state index in [0.717, 1.165) is 38.3 Å². The van der Waals surface area contributed by atoms with Crippen LogP contribution in [0.15, 0.2) is 24.3 Å². The number of nitrogens with one attached hydrogen (secondary N) is 2. The average Bonchev–Trinajstić information content (AvgIpc) is 2.53. The van der Waals surface area contributed by atoms with Crippen LogP contribution in [0.2, 0.25) is 0 Å². The molecule has 20 heavy (non-hydrogen) atoms. The molecule has 1 amide bonds. The standard InChI is InChI=1S/C15H23N3O2/c1-16-15(19)14-11-17-8-10-18(14)9-7-12-3-5-13(20-2)6-4-12/h3-6,14,17H,7-11H2,1-2H3,(H,16,19). The summed E-state index contributed by atoms with van der Waals surface area (Å²) in [5.74, 6) is 0.964. The van der Waals surface area contributed by atoms with E-state index in [0.29, 0.717) is 0 Å². The molecule has 2 rings (SSSR count). The van der Waals surface area contributed by atoms with Crippen molar-refractivity contribution in [1.29, 1.82) is 0 Å². The highest BCUT2D eigenvalue weighted by molar-refractivity contribution is 5.81. The number of likely N-dealkylation sites (N-methyl/N-ethyl adjacent to an activating group) is 1. The third-order valence-electron chi connectivity index (χ3n) is 3.75. The summed E-state index contributed by atoms with van der Waals surface area (Å²) in [6.45, 7) is 3.47. The molecular weight excluding hydrogens is 254 g/mol. The first-order valence-electron chi connectivity index (χ1n) is 7.04. The Kier molecular flexibility index (Phi) is 5.38. The van der Waals surface area contributed by atoms with Gasteiger partial charge in [0.1, 0.15) is 11.8 Å². The Morgan fingerprint density at radius 3 is 2.85 bits per heavy atom. The van der Waals surface area contributed by atoms with Crippen molar-refractivity contribution in [3.05, 3.63) is 29.8 Å². The smallest absolute Gasteiger partial charge is 0.238 e. The number of carbonyl (C=O) groups excluding carboxylic acids is 1. The van der Waals surface area contributed by atoms with Gasteiger partial charge in [-0.2, -0.15) is 0 Å². The van der Waals surface area contributed by atoms with Gasteiger partial charge in [-0.1, -0.05) is 12.1 Å². The number of ether oxygens (including phenoxy) is 1. The Morgan fingerprint density at radius 1 is 1.45 bits per heavy atom. The lowest BCUT2D eigenvalue weighted by Crippen LogP contribution is -2.57. The lowest BCUT2D eigenvalue weighted by molar-refractivity contribution is -0.126. The summed E-state index contributed by atoms with van der Waals surface area (Å²) in [6, 6.07) is 8.05. The Hall–Kier alpha value is -1.59. The molecule has 110 valence electrons. The molecular formula is C15H23N3O2. The van der Waals surface area contributed by atoms with Gasteiger partial charge in [0.2, 0.25) is 5.91 Å². The minimum atomic E-state index is -0.0630. The van der Waals surface area contributed by atoms with E-state index in [9.17, 15) is 4.79 Å². The first-order valence-corrected chi connectivity index (χ1v) is 7.04. The van der Waals surface area contributed by atoms with Crippen LogP contribution in [0.3, 0.4) is 0 Å². The van der Waals surface area contributed by atoms with Crippen molar-refractivity contribution in [2.45, 2.75) is 12.5 Å². The molecule has 5 nitrogen and oxygen atoms in total. The second kappa shape index (κ2) is 7.26. The maximum Gasteiger partial charge on any atom is 0.238 e. The highest BCUT2D eigenvalue weighted by Crippen LogP contribution is 2.13. The number of hydrogen-bond acceptors (Lipinski definition) is 4. The number of piperazine rings is 1. The molecule has 0 spiro atoms. The fraction of sp³-hybridized carbons (Fsp3) is 0.533. The van der Waals surface area contributed by atoms with Gasteiger partial charge >= 0.3 is 0 Å². The third kappa shape index (κ3) is 3.71. The Morgan fingerprint density at radius 2 is 2.20 bits per heavy atom. The Labute approximate surface area is 120 Å². The van der Waals surface area contributed by atoms with Crippen LogP contribution in [-0.4, -0.2) is 57.2 Å². The fourth-order valence-corrected chi connectivity index (χ4v) is 2.50. The van der Waals surface area contributed by atoms with Gasteiger partial charge in [0, 0.05) is 33.2 Å². The molecule has 1 aliphatic rings. The molecule has 1 saturated heterocycles. The van der Waals surface area contributed by atoms with Crippen LogP contribution in [0.1, 0.15) is 5.56 Å². The number of amides is 1. The largest absolute Gasteiger partial charge is 0.497 e. The normalized spacial score (nSPS) is 19.6. The monoisotopic (exact) mass is 277 g/mol. The van der Waals surface area contributed by atoms with Crippen LogP contribution in [0, 0.1) is 0 Å². The Bertz CT molecular complexity index is 433. The maximum absolute atomic E-state index is 11.9. The van der Waals surface area contributed by atoms with Gasteiger partial charge in [-0.05, 0) is 24.1 Å². The number of methoxy groups -OCH3 is 1. The minimum Gasteiger partial charge on any atom is -0.497 e. The predicted molar refractivity (Wildman–Crippen MR) is 79.0 cm³/mol. The van der Waals surface area contributed by atoms with E-state index in [1.54, 1.807) is 14.2 Å². The van der Waals surface area contributed by atoms with Gasteiger partial charge in [0.05, 0.1) is 7.11 Å². The van der Waals surface area contributed by atoms with Gasteiger partial charge in [-0.15, -0.1) is 0 Å². The quantitative estimate of drug-likeness (QED) is 0.810. The highest BCUT2D eigenvalue weighted by atomic mass is 16.5. The number of rotatable bonds is 5. The third-order valence-corrected chi connectivity index (χ3v) is 3.75. The van der Waals surface area contributed by atoms with E-state index in [1.807, 2.05) is 12.1 Å². The van der Waals surface area contributed by atoms with Crippen LogP contribution in [-0.2, 0) is 11.2 Å². The maximum atomic E-state index is 11.9. The highest BCUT2D eigenvalue weighted by Gasteiger charge is 2.27. The van der Waals surface area contributed by atoms with Gasteiger partial charge in [0.15, 0.2) is 0 Å². The summed E-state index contributed by atoms with van der Waals surface area (Å²) in [4.78, 5) is 14.1. The molecule has 1 aromatic carbocycles. The average molecular weight is 277 g/mol. The van der Waals surface area contributed by atoms with Gasteiger partial charge in [-0.25, -0.2) is 0 Å². The summed E-state index contributed by atoms with van der Waals surface area (Å²) in [6.07, 6.45) is 0.942. The molecule has 0 bridgehead atoms. The van der Waals surface area contributed by atoms with Crippen molar-refractivity contribution in [2.75, 3.05) is 40.3 Å². The van der Waals surface area contributed by atoms with Crippen LogP contribution >= 0.6 is 0 Å². The second-order valence-corrected chi connectivity index (χ2v) is 4.97. The molecule has 1 heterocycles. The van der Waals surface area contributed by atoms with E-state index in [2.05, 4.69) is 27.7 Å². The fourth-order valence-electron chi connectivity index (χ4n) is 2.50. The number of hydrogen-bond donors (Lipinski definition) is 2. The molecule has 1 aliphatic heterocycles. The van der Waals surface area contributed by atoms with E-state index in [4.69, 9.17) is 4.74 Å². The van der Waals surface area contributed by atoms with Crippen molar-refractivity contribution in [3.8, 4) is 5.75 Å². The summed E-state index contributed by atoms with van der Waals surface area (Å²) in [5.41, 5.74) is 1.26. The molecule has 1 aromatic rings. The second-order valence-electron chi connectivity index (χ2n) is 4.97. The zero-order valence-electron chi connectivity index (χ0n) is 12.2. The summed E-state index contributed by atoms with van der Waals surface area (Å²) < 4.78 is 5.16. The SMILES string of the molecule is CNC(=O)C1CNCCN1CCc1ccc(OC)cc1. The van der Waals surface area contributed by atoms with E-state index >= 15 is 0 Å². The van der Waals surface area contributed by atoms with Crippen molar-refractivity contribution in [1.82, 2.24) is 15.5 Å². The van der Waals surface area contributed by atoms with Crippen molar-refractivity contribution < 1.29 is 9.53 Å². The molecule has 1 unspecified atom stereocenters. The van der Waals surface area contributed by atoms with Crippen molar-refractivity contribution in [3.63, 3.8) is 0 Å². The van der Waals surface area contributed by atoms with Gasteiger partial charge in [-0.3, -0.25) is 9.69 Å². The number of benzene rings is 1. The molecule has 0 aromatic heterocycles. The van der Waals surface area contributed by atoms with Gasteiger partial charge in [0.25, 0.3) is 0 Å². The summed E-state index contributed by atoms with van der Waals surface area (Å²) in [7, 11) is 3.36. The zero-order valence-corrected chi connectivity index (χ0v) is 12.2. The first kappa shape index (κ1) is 14.8. The van der Waals surface area contributed by atoms with Crippen LogP contribution in [0.4, 0.5) is 0 Å². The van der Waals surface area contributed by atoms with Crippen molar-refractivity contribution >= 4 is 5.91 Å². The van der Waals surface area contributed by atoms with E-state index in [1.165, 1.54) is 5.56 Å². The topological polar surface area (TPSA) is 53.6 Å². The van der Waals surface area contributed by atoms with E-state index < -0.39 is 0 Å². The number of nitrogens with zero attached hydrogens (tertiary/aromatic N) is 1.